The molecule has 1 aromatic carbocycles. The molecule has 4 heterocycles. The van der Waals surface area contributed by atoms with E-state index in [-0.39, 0.29) is 18.0 Å². The summed E-state index contributed by atoms with van der Waals surface area (Å²) in [5.41, 5.74) is 4.20. The Morgan fingerprint density at radius 3 is 2.81 bits per heavy atom. The van der Waals surface area contributed by atoms with Gasteiger partial charge in [0.05, 0.1) is 28.5 Å². The predicted octanol–water partition coefficient (Wildman–Crippen LogP) is 4.83. The third-order valence-electron chi connectivity index (χ3n) is 6.49. The van der Waals surface area contributed by atoms with Gasteiger partial charge in [0.2, 0.25) is 0 Å². The molecule has 0 unspecified atom stereocenters. The maximum atomic E-state index is 13.3. The number of hydrogen-bond acceptors (Lipinski definition) is 6. The molecule has 1 aliphatic rings. The van der Waals surface area contributed by atoms with Crippen LogP contribution in [0.4, 0.5) is 4.79 Å². The van der Waals surface area contributed by atoms with Crippen molar-refractivity contribution in [1.29, 1.82) is 0 Å². The van der Waals surface area contributed by atoms with E-state index in [1.807, 2.05) is 39.0 Å². The van der Waals surface area contributed by atoms with Crippen LogP contribution in [0.5, 0.6) is 0 Å². The molecular formula is C26H27ClN6O3. The Balaban J connectivity index is 1.40. The summed E-state index contributed by atoms with van der Waals surface area (Å²) in [4.78, 5) is 38.3. The number of pyridine rings is 2. The molecular weight excluding hydrogens is 480 g/mol. The van der Waals surface area contributed by atoms with Gasteiger partial charge in [-0.2, -0.15) is 5.10 Å². The zero-order chi connectivity index (χ0) is 25.4. The van der Waals surface area contributed by atoms with Crippen molar-refractivity contribution in [2.45, 2.75) is 33.2 Å². The molecule has 1 saturated heterocycles. The standard InChI is InChI=1S/C26H27ClN6O3/c1-4-9-36-26(35)33-8-7-32(14-15(33)2)25(34)17-5-6-19-21(27)12-22(29-23(19)11-17)18-10-20-16(3)30-31-24(20)28-13-18/h5-6,10-13,15H,4,7-9,14H2,1-3H3,(H,28,30,31)/t15-/m1/s1. The Labute approximate surface area is 213 Å². The number of ether oxygens (including phenoxy) is 1. The molecule has 2 amide bonds. The number of fused-ring (bicyclic) bond motifs is 2. The third kappa shape index (κ3) is 4.46. The first-order valence-electron chi connectivity index (χ1n) is 12.0. The van der Waals surface area contributed by atoms with Crippen LogP contribution in [0, 0.1) is 6.92 Å². The van der Waals surface area contributed by atoms with E-state index in [1.165, 1.54) is 0 Å². The van der Waals surface area contributed by atoms with Crippen molar-refractivity contribution in [1.82, 2.24) is 30.0 Å². The van der Waals surface area contributed by atoms with Gasteiger partial charge >= 0.3 is 6.09 Å². The lowest BCUT2D eigenvalue weighted by atomic mass is 10.1. The van der Waals surface area contributed by atoms with Crippen LogP contribution < -0.4 is 0 Å². The number of benzene rings is 1. The second-order valence-corrected chi connectivity index (χ2v) is 9.47. The molecule has 1 fully saturated rings. The van der Waals surface area contributed by atoms with Crippen LogP contribution in [0.2, 0.25) is 5.02 Å². The Hall–Kier alpha value is -3.72. The van der Waals surface area contributed by atoms with Crippen molar-refractivity contribution in [3.8, 4) is 11.3 Å². The highest BCUT2D eigenvalue weighted by atomic mass is 35.5. The van der Waals surface area contributed by atoms with Gasteiger partial charge in [-0.25, -0.2) is 14.8 Å². The SMILES string of the molecule is CCCOC(=O)N1CCN(C(=O)c2ccc3c(Cl)cc(-c4cnc5[nH]nc(C)c5c4)nc3c2)C[C@H]1C. The highest BCUT2D eigenvalue weighted by molar-refractivity contribution is 6.35. The Morgan fingerprint density at radius 2 is 2.03 bits per heavy atom. The van der Waals surface area contributed by atoms with Crippen molar-refractivity contribution in [2.24, 2.45) is 0 Å². The molecule has 5 rings (SSSR count). The maximum Gasteiger partial charge on any atom is 0.410 e. The first kappa shape index (κ1) is 24.0. The van der Waals surface area contributed by atoms with Crippen LogP contribution in [0.1, 0.15) is 36.3 Å². The van der Waals surface area contributed by atoms with Gasteiger partial charge in [-0.15, -0.1) is 0 Å². The Bertz CT molecular complexity index is 1470. The van der Waals surface area contributed by atoms with Gasteiger partial charge in [-0.1, -0.05) is 24.6 Å². The van der Waals surface area contributed by atoms with Gasteiger partial charge in [0, 0.05) is 53.8 Å². The quantitative estimate of drug-likeness (QED) is 0.425. The summed E-state index contributed by atoms with van der Waals surface area (Å²) < 4.78 is 5.27. The lowest BCUT2D eigenvalue weighted by Crippen LogP contribution is -2.55. The van der Waals surface area contributed by atoms with Crippen LogP contribution in [0.15, 0.2) is 36.5 Å². The van der Waals surface area contributed by atoms with Gasteiger partial charge in [0.1, 0.15) is 0 Å². The average molecular weight is 507 g/mol. The summed E-state index contributed by atoms with van der Waals surface area (Å²) in [7, 11) is 0. The highest BCUT2D eigenvalue weighted by Gasteiger charge is 2.31. The molecule has 186 valence electrons. The molecule has 1 atom stereocenters. The molecule has 10 heteroatoms. The number of nitrogens with one attached hydrogen (secondary N) is 1. The molecule has 1 aliphatic heterocycles. The maximum absolute atomic E-state index is 13.3. The topological polar surface area (TPSA) is 104 Å². The first-order valence-corrected chi connectivity index (χ1v) is 12.4. The highest BCUT2D eigenvalue weighted by Crippen LogP contribution is 2.30. The number of aromatic amines is 1. The van der Waals surface area contributed by atoms with E-state index in [9.17, 15) is 9.59 Å². The summed E-state index contributed by atoms with van der Waals surface area (Å²) >= 11 is 6.60. The number of halogens is 1. The molecule has 9 nitrogen and oxygen atoms in total. The molecule has 0 radical (unpaired) electrons. The van der Waals surface area contributed by atoms with Gasteiger partial charge in [-0.3, -0.25) is 9.89 Å². The van der Waals surface area contributed by atoms with E-state index in [0.29, 0.717) is 53.7 Å². The van der Waals surface area contributed by atoms with E-state index in [2.05, 4.69) is 15.2 Å². The molecule has 0 spiro atoms. The van der Waals surface area contributed by atoms with Crippen molar-refractivity contribution < 1.29 is 14.3 Å². The lowest BCUT2D eigenvalue weighted by molar-refractivity contribution is 0.0412. The smallest absolute Gasteiger partial charge is 0.410 e. The van der Waals surface area contributed by atoms with E-state index in [1.54, 1.807) is 28.1 Å². The zero-order valence-electron chi connectivity index (χ0n) is 20.4. The average Bonchev–Trinajstić information content (AvgIpc) is 3.26. The molecule has 0 saturated carbocycles. The summed E-state index contributed by atoms with van der Waals surface area (Å²) in [5.74, 6) is -0.106. The summed E-state index contributed by atoms with van der Waals surface area (Å²) in [5, 5.41) is 9.33. The van der Waals surface area contributed by atoms with Gasteiger partial charge in [0.25, 0.3) is 5.91 Å². The van der Waals surface area contributed by atoms with Crippen molar-refractivity contribution in [2.75, 3.05) is 26.2 Å². The van der Waals surface area contributed by atoms with Gasteiger partial charge in [-0.05, 0) is 44.5 Å². The Morgan fingerprint density at radius 1 is 1.19 bits per heavy atom. The molecule has 1 N–H and O–H groups in total. The fourth-order valence-electron chi connectivity index (χ4n) is 4.50. The first-order chi connectivity index (χ1) is 17.4. The van der Waals surface area contributed by atoms with E-state index in [0.717, 1.165) is 28.5 Å². The third-order valence-corrected chi connectivity index (χ3v) is 6.80. The largest absolute Gasteiger partial charge is 0.449 e. The summed E-state index contributed by atoms with van der Waals surface area (Å²) in [6.45, 7) is 7.49. The second-order valence-electron chi connectivity index (χ2n) is 9.06. The van der Waals surface area contributed by atoms with Crippen molar-refractivity contribution in [3.05, 3.63) is 52.8 Å². The zero-order valence-corrected chi connectivity index (χ0v) is 21.2. The van der Waals surface area contributed by atoms with Crippen LogP contribution in [0.3, 0.4) is 0 Å². The minimum absolute atomic E-state index is 0.106. The molecule has 36 heavy (non-hydrogen) atoms. The number of aryl methyl sites for hydroxylation is 1. The second kappa shape index (κ2) is 9.73. The van der Waals surface area contributed by atoms with Crippen LogP contribution in [-0.2, 0) is 4.74 Å². The Kier molecular flexibility index (Phi) is 6.49. The molecule has 3 aromatic heterocycles. The van der Waals surface area contributed by atoms with Crippen molar-refractivity contribution in [3.63, 3.8) is 0 Å². The van der Waals surface area contributed by atoms with Crippen LogP contribution in [-0.4, -0.2) is 74.2 Å². The fraction of sp³-hybridized carbons (Fsp3) is 0.346. The summed E-state index contributed by atoms with van der Waals surface area (Å²) in [6.07, 6.45) is 2.17. The normalized spacial score (nSPS) is 16.1. The number of rotatable bonds is 4. The number of piperazine rings is 1. The molecule has 0 aliphatic carbocycles. The number of carbonyl (C=O) groups excluding carboxylic acids is 2. The van der Waals surface area contributed by atoms with Gasteiger partial charge < -0.3 is 14.5 Å². The minimum atomic E-state index is -0.327. The van der Waals surface area contributed by atoms with Gasteiger partial charge in [0.15, 0.2) is 5.65 Å². The van der Waals surface area contributed by atoms with Crippen molar-refractivity contribution >= 4 is 45.5 Å². The number of amides is 2. The fourth-order valence-corrected chi connectivity index (χ4v) is 4.76. The molecule has 4 aromatic rings. The monoisotopic (exact) mass is 506 g/mol. The lowest BCUT2D eigenvalue weighted by Gasteiger charge is -2.39. The van der Waals surface area contributed by atoms with Crippen LogP contribution >= 0.6 is 11.6 Å². The summed E-state index contributed by atoms with van der Waals surface area (Å²) in [6, 6.07) is 9.02. The molecule has 0 bridgehead atoms. The number of nitrogens with zero attached hydrogens (tertiary/aromatic N) is 5. The van der Waals surface area contributed by atoms with Crippen LogP contribution in [0.25, 0.3) is 33.2 Å². The predicted molar refractivity (Wildman–Crippen MR) is 138 cm³/mol. The number of carbonyl (C=O) groups is 2. The van der Waals surface area contributed by atoms with E-state index in [4.69, 9.17) is 21.3 Å². The number of aromatic nitrogens is 4. The minimum Gasteiger partial charge on any atom is -0.449 e. The van der Waals surface area contributed by atoms with E-state index < -0.39 is 0 Å². The van der Waals surface area contributed by atoms with E-state index >= 15 is 0 Å². The number of H-pyrrole nitrogens is 1. The number of hydrogen-bond donors (Lipinski definition) is 1.